The van der Waals surface area contributed by atoms with Gasteiger partial charge in [-0.1, -0.05) is 13.8 Å². The van der Waals surface area contributed by atoms with E-state index in [1.54, 1.807) is 42.7 Å². The number of anilines is 3. The quantitative estimate of drug-likeness (QED) is 0.273. The molecule has 3 aromatic heterocycles. The number of nitrogens with one attached hydrogen (secondary N) is 2. The van der Waals surface area contributed by atoms with Gasteiger partial charge in [0.05, 0.1) is 23.7 Å². The number of fused-ring (bicyclic) bond motifs is 4. The average molecular weight is 607 g/mol. The molecule has 0 saturated carbocycles. The fourth-order valence-electron chi connectivity index (χ4n) is 5.70. The third-order valence-electron chi connectivity index (χ3n) is 7.60. The molecule has 1 spiro atoms. The first-order valence-corrected chi connectivity index (χ1v) is 15.6. The minimum atomic E-state index is -3.69. The number of halogens is 1. The topological polar surface area (TPSA) is 143 Å². The Morgan fingerprint density at radius 2 is 1.84 bits per heavy atom. The molecular weight excluding hydrogens is 575 g/mol. The Labute approximate surface area is 248 Å². The molecule has 0 atom stereocenters. The number of pyridine rings is 2. The van der Waals surface area contributed by atoms with E-state index in [0.29, 0.717) is 47.7 Å². The van der Waals surface area contributed by atoms with Crippen LogP contribution in [0, 0.1) is 5.82 Å². The molecule has 1 fully saturated rings. The molecule has 1 saturated heterocycles. The van der Waals surface area contributed by atoms with Gasteiger partial charge in [-0.25, -0.2) is 27.8 Å². The van der Waals surface area contributed by atoms with Crippen LogP contribution in [0.2, 0.25) is 0 Å². The van der Waals surface area contributed by atoms with Crippen LogP contribution in [-0.4, -0.2) is 79.8 Å². The molecule has 2 aliphatic rings. The maximum atomic E-state index is 15.6. The second kappa shape index (κ2) is 10.7. The molecule has 5 heterocycles. The van der Waals surface area contributed by atoms with Gasteiger partial charge in [0.1, 0.15) is 23.5 Å². The van der Waals surface area contributed by atoms with Crippen molar-refractivity contribution in [2.75, 3.05) is 54.1 Å². The van der Waals surface area contributed by atoms with Gasteiger partial charge in [0, 0.05) is 79.5 Å². The Bertz CT molecular complexity index is 1830. The molecule has 224 valence electrons. The number of amides is 1. The van der Waals surface area contributed by atoms with E-state index in [9.17, 15) is 13.2 Å². The summed E-state index contributed by atoms with van der Waals surface area (Å²) in [6.07, 6.45) is 7.35. The van der Waals surface area contributed by atoms with Crippen LogP contribution in [0.3, 0.4) is 0 Å². The molecule has 2 aliphatic heterocycles. The van der Waals surface area contributed by atoms with Crippen LogP contribution in [0.5, 0.6) is 5.88 Å². The van der Waals surface area contributed by atoms with Gasteiger partial charge in [-0.15, -0.1) is 0 Å². The average Bonchev–Trinajstić information content (AvgIpc) is 3.16. The zero-order chi connectivity index (χ0) is 30.5. The van der Waals surface area contributed by atoms with Crippen LogP contribution < -0.4 is 24.6 Å². The third kappa shape index (κ3) is 5.20. The van der Waals surface area contributed by atoms with Crippen molar-refractivity contribution in [2.45, 2.75) is 25.3 Å². The van der Waals surface area contributed by atoms with Gasteiger partial charge in [0.2, 0.25) is 27.8 Å². The van der Waals surface area contributed by atoms with Crippen LogP contribution >= 0.6 is 0 Å². The minimum absolute atomic E-state index is 0.0763. The van der Waals surface area contributed by atoms with Gasteiger partial charge in [0.25, 0.3) is 0 Å². The van der Waals surface area contributed by atoms with E-state index in [4.69, 9.17) is 4.74 Å². The molecule has 14 heteroatoms. The lowest BCUT2D eigenvalue weighted by atomic mass is 9.73. The number of hydrogen-bond donors (Lipinski definition) is 2. The number of benzene rings is 1. The molecular formula is C29H31FN8O4S. The zero-order valence-corrected chi connectivity index (χ0v) is 24.9. The highest BCUT2D eigenvalue weighted by molar-refractivity contribution is 7.92. The van der Waals surface area contributed by atoms with E-state index in [1.807, 2.05) is 18.7 Å². The van der Waals surface area contributed by atoms with Crippen LogP contribution in [0.25, 0.3) is 22.0 Å². The summed E-state index contributed by atoms with van der Waals surface area (Å²) in [5, 5.41) is 3.84. The van der Waals surface area contributed by atoms with Crippen molar-refractivity contribution in [2.24, 2.45) is 0 Å². The monoisotopic (exact) mass is 606 g/mol. The van der Waals surface area contributed by atoms with Crippen LogP contribution in [0.1, 0.15) is 19.4 Å². The second-order valence-corrected chi connectivity index (χ2v) is 12.9. The number of likely N-dealkylation sites (N-methyl/N-ethyl adjacent to an activating group) is 1. The fourth-order valence-corrected chi connectivity index (χ4v) is 6.24. The summed E-state index contributed by atoms with van der Waals surface area (Å²) >= 11 is 0. The SMILES string of the molecule is CC(C)NCCOc1ncc(-c2cc3c4c(cnc3cc2F)N(C)C(=O)C42CN(c3ncccn3)C2)cc1NS(C)(=O)=O. The number of aromatic nitrogens is 4. The van der Waals surface area contributed by atoms with Crippen LogP contribution in [-0.2, 0) is 20.2 Å². The van der Waals surface area contributed by atoms with Gasteiger partial charge in [0.15, 0.2) is 0 Å². The lowest BCUT2D eigenvalue weighted by Crippen LogP contribution is -2.64. The lowest BCUT2D eigenvalue weighted by Gasteiger charge is -2.46. The number of hydrogen-bond acceptors (Lipinski definition) is 10. The van der Waals surface area contributed by atoms with E-state index < -0.39 is 21.3 Å². The largest absolute Gasteiger partial charge is 0.475 e. The van der Waals surface area contributed by atoms with Crippen molar-refractivity contribution in [1.29, 1.82) is 0 Å². The first-order chi connectivity index (χ1) is 20.5. The van der Waals surface area contributed by atoms with E-state index >= 15 is 4.39 Å². The summed E-state index contributed by atoms with van der Waals surface area (Å²) in [5.74, 6) is -0.0418. The normalized spacial score (nSPS) is 15.7. The summed E-state index contributed by atoms with van der Waals surface area (Å²) in [6.45, 7) is 5.50. The minimum Gasteiger partial charge on any atom is -0.475 e. The van der Waals surface area contributed by atoms with E-state index in [2.05, 4.69) is 30.0 Å². The molecule has 43 heavy (non-hydrogen) atoms. The Morgan fingerprint density at radius 3 is 2.53 bits per heavy atom. The van der Waals surface area contributed by atoms with Crippen molar-refractivity contribution in [3.05, 3.63) is 60.4 Å². The lowest BCUT2D eigenvalue weighted by molar-refractivity contribution is -0.123. The molecule has 12 nitrogen and oxygen atoms in total. The molecule has 4 aromatic rings. The smallest absolute Gasteiger partial charge is 0.241 e. The number of nitrogens with zero attached hydrogens (tertiary/aromatic N) is 6. The number of ether oxygens (including phenoxy) is 1. The Balaban J connectivity index is 1.41. The third-order valence-corrected chi connectivity index (χ3v) is 8.19. The molecule has 0 bridgehead atoms. The Hall–Kier alpha value is -4.43. The van der Waals surface area contributed by atoms with Crippen molar-refractivity contribution in [3.8, 4) is 17.0 Å². The summed E-state index contributed by atoms with van der Waals surface area (Å²) in [5.41, 5.74) is 1.54. The molecule has 0 aliphatic carbocycles. The fraction of sp³-hybridized carbons (Fsp3) is 0.345. The van der Waals surface area contributed by atoms with Gasteiger partial charge in [-0.05, 0) is 18.2 Å². The zero-order valence-electron chi connectivity index (χ0n) is 24.1. The highest BCUT2D eigenvalue weighted by Gasteiger charge is 2.59. The number of sulfonamides is 1. The van der Waals surface area contributed by atoms with Crippen molar-refractivity contribution in [3.63, 3.8) is 0 Å². The predicted octanol–water partition coefficient (Wildman–Crippen LogP) is 2.71. The van der Waals surface area contributed by atoms with E-state index in [-0.39, 0.29) is 35.7 Å². The van der Waals surface area contributed by atoms with Gasteiger partial charge < -0.3 is 19.9 Å². The van der Waals surface area contributed by atoms with Gasteiger partial charge in [-0.2, -0.15) is 0 Å². The summed E-state index contributed by atoms with van der Waals surface area (Å²) in [4.78, 5) is 34.6. The second-order valence-electron chi connectivity index (χ2n) is 11.1. The van der Waals surface area contributed by atoms with Crippen LogP contribution in [0.15, 0.2) is 49.1 Å². The van der Waals surface area contributed by atoms with Crippen molar-refractivity contribution in [1.82, 2.24) is 25.3 Å². The van der Waals surface area contributed by atoms with E-state index in [0.717, 1.165) is 11.8 Å². The summed E-state index contributed by atoms with van der Waals surface area (Å²) < 4.78 is 48.1. The standard InChI is InChI=1S/C29H31FN8O4S/c1-17(2)31-8-9-42-26-23(36-43(4,40)41)10-18(13-35-26)19-11-20-22(12-21(19)30)34-14-24-25(20)29(27(39)37(24)3)15-38(16-29)28-32-6-5-7-33-28/h5-7,10-14,17,31,36H,8-9,15-16H2,1-4H3. The number of rotatable bonds is 9. The highest BCUT2D eigenvalue weighted by atomic mass is 32.2. The summed E-state index contributed by atoms with van der Waals surface area (Å²) in [7, 11) is -1.99. The Kier molecular flexibility index (Phi) is 7.13. The number of carbonyl (C=O) groups excluding carboxylic acids is 1. The number of carbonyl (C=O) groups is 1. The van der Waals surface area contributed by atoms with Crippen molar-refractivity contribution >= 4 is 44.2 Å². The van der Waals surface area contributed by atoms with Gasteiger partial charge >= 0.3 is 0 Å². The van der Waals surface area contributed by atoms with Crippen LogP contribution in [0.4, 0.5) is 21.7 Å². The highest BCUT2D eigenvalue weighted by Crippen LogP contribution is 2.50. The predicted molar refractivity (Wildman–Crippen MR) is 161 cm³/mol. The molecule has 1 amide bonds. The maximum absolute atomic E-state index is 15.6. The summed E-state index contributed by atoms with van der Waals surface area (Å²) in [6, 6.07) is 6.45. The van der Waals surface area contributed by atoms with E-state index in [1.165, 1.54) is 18.3 Å². The molecule has 0 unspecified atom stereocenters. The first-order valence-electron chi connectivity index (χ1n) is 13.7. The molecule has 6 rings (SSSR count). The Morgan fingerprint density at radius 1 is 1.09 bits per heavy atom. The maximum Gasteiger partial charge on any atom is 0.241 e. The van der Waals surface area contributed by atoms with Gasteiger partial charge in [-0.3, -0.25) is 14.5 Å². The molecule has 0 radical (unpaired) electrons. The van der Waals surface area contributed by atoms with Crippen molar-refractivity contribution < 1.29 is 22.3 Å². The molecule has 1 aromatic carbocycles. The first kappa shape index (κ1) is 28.7. The molecule has 2 N–H and O–H groups in total.